The summed E-state index contributed by atoms with van der Waals surface area (Å²) in [7, 11) is 1.53. The van der Waals surface area contributed by atoms with E-state index in [2.05, 4.69) is 10.1 Å². The van der Waals surface area contributed by atoms with Crippen molar-refractivity contribution >= 4 is 11.0 Å². The topological polar surface area (TPSA) is 39.9 Å². The number of ether oxygens (including phenoxy) is 1. The average molecular weight is 369 g/mol. The fourth-order valence-electron chi connectivity index (χ4n) is 2.91. The molecule has 27 heavy (non-hydrogen) atoms. The standard InChI is InChI=1S/C20H14F3N3O/c1-27-15-4-2-3-12(9-15)18-10-16(19(22)23)17-11-24-26(20(17)25-18)14-7-5-13(21)6-8-14/h2-11,19H,1H3. The van der Waals surface area contributed by atoms with Gasteiger partial charge in [0.25, 0.3) is 6.43 Å². The molecule has 0 unspecified atom stereocenters. The number of rotatable bonds is 4. The molecule has 0 spiro atoms. The Balaban J connectivity index is 1.95. The van der Waals surface area contributed by atoms with Crippen molar-refractivity contribution in [2.75, 3.05) is 7.11 Å². The van der Waals surface area contributed by atoms with Gasteiger partial charge in [0.05, 0.1) is 24.7 Å². The van der Waals surface area contributed by atoms with Gasteiger partial charge >= 0.3 is 0 Å². The van der Waals surface area contributed by atoms with Gasteiger partial charge in [0.1, 0.15) is 11.6 Å². The molecule has 0 aliphatic carbocycles. The van der Waals surface area contributed by atoms with E-state index in [1.165, 1.54) is 48.3 Å². The predicted molar refractivity (Wildman–Crippen MR) is 95.8 cm³/mol. The van der Waals surface area contributed by atoms with Crippen LogP contribution in [0.2, 0.25) is 0 Å². The van der Waals surface area contributed by atoms with Gasteiger partial charge in [-0.3, -0.25) is 0 Å². The minimum Gasteiger partial charge on any atom is -0.497 e. The number of aromatic nitrogens is 3. The molecule has 0 aliphatic rings. The quantitative estimate of drug-likeness (QED) is 0.498. The van der Waals surface area contributed by atoms with Crippen molar-refractivity contribution in [3.05, 3.63) is 72.2 Å². The van der Waals surface area contributed by atoms with E-state index in [0.29, 0.717) is 22.7 Å². The maximum absolute atomic E-state index is 13.7. The summed E-state index contributed by atoms with van der Waals surface area (Å²) >= 11 is 0. The van der Waals surface area contributed by atoms with Gasteiger partial charge < -0.3 is 4.74 Å². The number of halogens is 3. The van der Waals surface area contributed by atoms with Gasteiger partial charge in [-0.25, -0.2) is 22.8 Å². The lowest BCUT2D eigenvalue weighted by Gasteiger charge is -2.09. The molecule has 0 amide bonds. The first kappa shape index (κ1) is 17.1. The monoisotopic (exact) mass is 369 g/mol. The van der Waals surface area contributed by atoms with Crippen LogP contribution in [0.25, 0.3) is 28.0 Å². The zero-order chi connectivity index (χ0) is 19.0. The largest absolute Gasteiger partial charge is 0.497 e. The van der Waals surface area contributed by atoms with Crippen LogP contribution < -0.4 is 4.74 Å². The molecule has 0 fully saturated rings. The van der Waals surface area contributed by atoms with Crippen LogP contribution >= 0.6 is 0 Å². The fourth-order valence-corrected chi connectivity index (χ4v) is 2.91. The maximum Gasteiger partial charge on any atom is 0.264 e. The fraction of sp³-hybridized carbons (Fsp3) is 0.100. The minimum absolute atomic E-state index is 0.161. The number of alkyl halides is 2. The van der Waals surface area contributed by atoms with Crippen molar-refractivity contribution in [3.8, 4) is 22.7 Å². The molecule has 0 saturated carbocycles. The first-order chi connectivity index (χ1) is 13.1. The number of nitrogens with zero attached hydrogens (tertiary/aromatic N) is 3. The van der Waals surface area contributed by atoms with Gasteiger partial charge in [-0.2, -0.15) is 5.10 Å². The zero-order valence-electron chi connectivity index (χ0n) is 14.2. The first-order valence-corrected chi connectivity index (χ1v) is 8.14. The Bertz CT molecular complexity index is 1110. The van der Waals surface area contributed by atoms with Gasteiger partial charge in [0.15, 0.2) is 5.65 Å². The summed E-state index contributed by atoms with van der Waals surface area (Å²) in [6.07, 6.45) is -1.34. The van der Waals surface area contributed by atoms with E-state index in [-0.39, 0.29) is 16.6 Å². The number of methoxy groups -OCH3 is 1. The Morgan fingerprint density at radius 3 is 2.52 bits per heavy atom. The van der Waals surface area contributed by atoms with E-state index in [1.807, 2.05) is 0 Å². The van der Waals surface area contributed by atoms with Crippen molar-refractivity contribution in [1.29, 1.82) is 0 Å². The highest BCUT2D eigenvalue weighted by atomic mass is 19.3. The Labute approximate surface area is 152 Å². The summed E-state index contributed by atoms with van der Waals surface area (Å²) in [5.74, 6) is 0.202. The van der Waals surface area contributed by atoms with E-state index in [4.69, 9.17) is 4.74 Å². The zero-order valence-corrected chi connectivity index (χ0v) is 14.2. The summed E-state index contributed by atoms with van der Waals surface area (Å²) in [6, 6.07) is 14.0. The Hall–Kier alpha value is -3.35. The maximum atomic E-state index is 13.7. The highest BCUT2D eigenvalue weighted by Crippen LogP contribution is 2.33. The molecule has 0 saturated heterocycles. The molecule has 0 aliphatic heterocycles. The van der Waals surface area contributed by atoms with Crippen LogP contribution in [0.4, 0.5) is 13.2 Å². The Morgan fingerprint density at radius 1 is 1.04 bits per heavy atom. The van der Waals surface area contributed by atoms with Crippen LogP contribution in [-0.2, 0) is 0 Å². The molecule has 4 aromatic rings. The molecule has 2 aromatic heterocycles. The molecule has 2 aromatic carbocycles. The van der Waals surface area contributed by atoms with Crippen molar-refractivity contribution < 1.29 is 17.9 Å². The van der Waals surface area contributed by atoms with E-state index < -0.39 is 12.2 Å². The molecule has 0 radical (unpaired) electrons. The van der Waals surface area contributed by atoms with Crippen molar-refractivity contribution in [2.24, 2.45) is 0 Å². The second kappa shape index (κ2) is 6.75. The molecule has 2 heterocycles. The van der Waals surface area contributed by atoms with Crippen LogP contribution in [-0.4, -0.2) is 21.9 Å². The Morgan fingerprint density at radius 2 is 1.81 bits per heavy atom. The van der Waals surface area contributed by atoms with E-state index >= 15 is 0 Å². The highest BCUT2D eigenvalue weighted by molar-refractivity contribution is 5.84. The smallest absolute Gasteiger partial charge is 0.264 e. The minimum atomic E-state index is -2.69. The van der Waals surface area contributed by atoms with Crippen LogP contribution in [0.1, 0.15) is 12.0 Å². The second-order valence-corrected chi connectivity index (χ2v) is 5.90. The van der Waals surface area contributed by atoms with Gasteiger partial charge in [0.2, 0.25) is 0 Å². The summed E-state index contributed by atoms with van der Waals surface area (Å²) in [4.78, 5) is 4.54. The number of benzene rings is 2. The lowest BCUT2D eigenvalue weighted by molar-refractivity contribution is 0.153. The molecule has 0 atom stereocenters. The molecule has 4 nitrogen and oxygen atoms in total. The number of fused-ring (bicyclic) bond motifs is 1. The molecule has 0 N–H and O–H groups in total. The Kier molecular flexibility index (Phi) is 4.27. The number of hydrogen-bond acceptors (Lipinski definition) is 3. The average Bonchev–Trinajstić information content (AvgIpc) is 3.11. The number of pyridine rings is 1. The third kappa shape index (κ3) is 3.12. The normalized spacial score (nSPS) is 11.3. The lowest BCUT2D eigenvalue weighted by atomic mass is 10.1. The van der Waals surface area contributed by atoms with Gasteiger partial charge in [0, 0.05) is 16.5 Å². The first-order valence-electron chi connectivity index (χ1n) is 8.14. The molecular formula is C20H14F3N3O. The van der Waals surface area contributed by atoms with Crippen LogP contribution in [0.3, 0.4) is 0 Å². The molecule has 136 valence electrons. The van der Waals surface area contributed by atoms with E-state index in [9.17, 15) is 13.2 Å². The molecule has 4 rings (SSSR count). The van der Waals surface area contributed by atoms with Crippen molar-refractivity contribution in [2.45, 2.75) is 6.43 Å². The van der Waals surface area contributed by atoms with E-state index in [1.54, 1.807) is 24.3 Å². The lowest BCUT2D eigenvalue weighted by Crippen LogP contribution is -2.00. The molecular weight excluding hydrogens is 355 g/mol. The second-order valence-electron chi connectivity index (χ2n) is 5.90. The summed E-state index contributed by atoms with van der Waals surface area (Å²) in [5.41, 5.74) is 1.66. The van der Waals surface area contributed by atoms with Crippen molar-refractivity contribution in [3.63, 3.8) is 0 Å². The summed E-state index contributed by atoms with van der Waals surface area (Å²) in [6.45, 7) is 0. The third-order valence-corrected chi connectivity index (χ3v) is 4.25. The van der Waals surface area contributed by atoms with Gasteiger partial charge in [-0.05, 0) is 42.5 Å². The van der Waals surface area contributed by atoms with Crippen LogP contribution in [0, 0.1) is 5.82 Å². The van der Waals surface area contributed by atoms with Gasteiger partial charge in [-0.15, -0.1) is 0 Å². The van der Waals surface area contributed by atoms with Crippen LogP contribution in [0.15, 0.2) is 60.8 Å². The summed E-state index contributed by atoms with van der Waals surface area (Å²) < 4.78 is 47.2. The SMILES string of the molecule is COc1cccc(-c2cc(C(F)F)c3cnn(-c4ccc(F)cc4)c3n2)c1. The van der Waals surface area contributed by atoms with Crippen molar-refractivity contribution in [1.82, 2.24) is 14.8 Å². The molecule has 7 heteroatoms. The third-order valence-electron chi connectivity index (χ3n) is 4.25. The van der Waals surface area contributed by atoms with Gasteiger partial charge in [-0.1, -0.05) is 12.1 Å². The number of hydrogen-bond donors (Lipinski definition) is 0. The van der Waals surface area contributed by atoms with E-state index in [0.717, 1.165) is 0 Å². The summed E-state index contributed by atoms with van der Waals surface area (Å²) in [5, 5.41) is 4.43. The highest BCUT2D eigenvalue weighted by Gasteiger charge is 2.19. The van der Waals surface area contributed by atoms with Crippen LogP contribution in [0.5, 0.6) is 5.75 Å². The predicted octanol–water partition coefficient (Wildman–Crippen LogP) is 5.17. The molecule has 0 bridgehead atoms.